The second kappa shape index (κ2) is 13.9. The molecule has 1 aromatic carbocycles. The lowest BCUT2D eigenvalue weighted by molar-refractivity contribution is -0.199. The van der Waals surface area contributed by atoms with Crippen LogP contribution in [0.3, 0.4) is 0 Å². The maximum atomic E-state index is 13.0. The molecule has 1 heterocycles. The van der Waals surface area contributed by atoms with Gasteiger partial charge in [0, 0.05) is 12.8 Å². The van der Waals surface area contributed by atoms with Crippen molar-refractivity contribution in [2.75, 3.05) is 13.9 Å². The van der Waals surface area contributed by atoms with Crippen molar-refractivity contribution < 1.29 is 51.1 Å². The molecule has 13 heteroatoms. The summed E-state index contributed by atoms with van der Waals surface area (Å²) < 4.78 is 67.2. The van der Waals surface area contributed by atoms with E-state index in [9.17, 15) is 27.6 Å². The first-order chi connectivity index (χ1) is 21.1. The predicted octanol–water partition coefficient (Wildman–Crippen LogP) is 5.82. The summed E-state index contributed by atoms with van der Waals surface area (Å²) >= 11 is 0. The van der Waals surface area contributed by atoms with Gasteiger partial charge in [-0.05, 0) is 74.3 Å². The van der Waals surface area contributed by atoms with Gasteiger partial charge < -0.3 is 28.8 Å². The Morgan fingerprint density at radius 3 is 2.44 bits per heavy atom. The van der Waals surface area contributed by atoms with Crippen molar-refractivity contribution in [2.45, 2.75) is 110 Å². The normalized spacial score (nSPS) is 25.6. The van der Waals surface area contributed by atoms with Crippen molar-refractivity contribution in [3.8, 4) is 5.75 Å². The van der Waals surface area contributed by atoms with Gasteiger partial charge in [-0.3, -0.25) is 9.59 Å². The highest BCUT2D eigenvalue weighted by atomic mass is 19.4. The third kappa shape index (κ3) is 7.61. The number of alkyl halides is 3. The van der Waals surface area contributed by atoms with Crippen molar-refractivity contribution in [1.82, 2.24) is 5.32 Å². The highest BCUT2D eigenvalue weighted by Crippen LogP contribution is 2.65. The van der Waals surface area contributed by atoms with Gasteiger partial charge in [0.15, 0.2) is 0 Å². The summed E-state index contributed by atoms with van der Waals surface area (Å²) in [6.45, 7) is 9.68. The molecule has 1 amide bonds. The van der Waals surface area contributed by atoms with Crippen LogP contribution in [0.4, 0.5) is 13.2 Å². The summed E-state index contributed by atoms with van der Waals surface area (Å²) in [7, 11) is 0.521. The van der Waals surface area contributed by atoms with Crippen LogP contribution < -0.4 is 10.1 Å². The van der Waals surface area contributed by atoms with E-state index in [1.807, 2.05) is 20.8 Å². The predicted molar refractivity (Wildman–Crippen MR) is 159 cm³/mol. The molecular weight excluding hydrogens is 594 g/mol. The third-order valence-electron chi connectivity index (χ3n) is 10.2. The van der Waals surface area contributed by atoms with Crippen LogP contribution in [0.1, 0.15) is 95.5 Å². The number of nitrogens with one attached hydrogen (secondary N) is 1. The number of para-hydroxylation sites is 1. The Labute approximate surface area is 263 Å². The molecule has 9 nitrogen and oxygen atoms in total. The van der Waals surface area contributed by atoms with E-state index in [1.54, 1.807) is 12.1 Å². The lowest BCUT2D eigenvalue weighted by Crippen LogP contribution is -2.65. The highest BCUT2D eigenvalue weighted by Gasteiger charge is 2.68. The minimum absolute atomic E-state index is 0.0834. The van der Waals surface area contributed by atoms with Gasteiger partial charge in [-0.1, -0.05) is 39.8 Å². The van der Waals surface area contributed by atoms with Gasteiger partial charge in [0.05, 0.1) is 30.7 Å². The third-order valence-corrected chi connectivity index (χ3v) is 10.2. The fourth-order valence-electron chi connectivity index (χ4n) is 7.36. The van der Waals surface area contributed by atoms with Gasteiger partial charge in [0.25, 0.3) is 0 Å². The molecule has 0 spiro atoms. The fraction of sp³-hybridized carbons (Fsp3) is 0.719. The van der Waals surface area contributed by atoms with E-state index < -0.39 is 55.9 Å². The Morgan fingerprint density at radius 1 is 1.11 bits per heavy atom. The van der Waals surface area contributed by atoms with Gasteiger partial charge in [-0.25, -0.2) is 4.79 Å². The molecule has 1 aliphatic heterocycles. The molecule has 1 N–H and O–H groups in total. The first-order valence-electron chi connectivity index (χ1n) is 15.8. The molecule has 5 rings (SSSR count). The number of halogens is 3. The van der Waals surface area contributed by atoms with E-state index in [1.165, 1.54) is 13.2 Å². The summed E-state index contributed by atoms with van der Waals surface area (Å²) in [6.07, 6.45) is -3.13. The zero-order valence-corrected chi connectivity index (χ0v) is 27.0. The standard InChI is InChI=1S/C32H45BF3NO8/c1-7-19(8-2)28(39)42-18-43-29(40)22-12-9-11-20(27(22)41-6)15-25(37-26(38)13-10-14-32(34,35)36)33-44-24-17-21-16-23(30(21,3)4)31(24,5)45-33/h9,11-12,19,21,23-25H,7-8,10,13-18H2,1-6H3,(H,37,38). The largest absolute Gasteiger partial charge is 0.496 e. The quantitative estimate of drug-likeness (QED) is 0.154. The molecule has 0 radical (unpaired) electrons. The van der Waals surface area contributed by atoms with E-state index in [2.05, 4.69) is 19.2 Å². The van der Waals surface area contributed by atoms with Gasteiger partial charge >= 0.3 is 25.2 Å². The number of carbonyl (C=O) groups excluding carboxylic acids is 3. The Hall–Kier alpha value is -2.80. The van der Waals surface area contributed by atoms with E-state index in [4.69, 9.17) is 23.5 Å². The lowest BCUT2D eigenvalue weighted by atomic mass is 9.43. The van der Waals surface area contributed by atoms with E-state index in [0.29, 0.717) is 24.3 Å². The molecule has 250 valence electrons. The molecular formula is C32H45BF3NO8. The number of methoxy groups -OCH3 is 1. The second-order valence-corrected chi connectivity index (χ2v) is 13.2. The minimum atomic E-state index is -4.36. The number of ether oxygens (including phenoxy) is 3. The highest BCUT2D eigenvalue weighted by molar-refractivity contribution is 6.48. The number of hydrogen-bond donors (Lipinski definition) is 1. The van der Waals surface area contributed by atoms with Crippen LogP contribution in [-0.4, -0.2) is 62.7 Å². The van der Waals surface area contributed by atoms with Gasteiger partial charge in [-0.2, -0.15) is 13.2 Å². The Morgan fingerprint density at radius 2 is 1.82 bits per heavy atom. The van der Waals surface area contributed by atoms with Gasteiger partial charge in [0.2, 0.25) is 12.7 Å². The van der Waals surface area contributed by atoms with Crippen LogP contribution >= 0.6 is 0 Å². The smallest absolute Gasteiger partial charge is 0.482 e. The van der Waals surface area contributed by atoms with Crippen LogP contribution in [0.2, 0.25) is 0 Å². The van der Waals surface area contributed by atoms with E-state index in [-0.39, 0.29) is 53.9 Å². The number of hydrogen-bond acceptors (Lipinski definition) is 8. The molecule has 0 aromatic heterocycles. The SMILES string of the molecule is CCC(CC)C(=O)OCOC(=O)c1cccc(CC(NC(=O)CCCC(F)(F)F)B2OC3CC4CC(C4(C)C)C3(C)O2)c1OC. The van der Waals surface area contributed by atoms with E-state index >= 15 is 0 Å². The molecule has 1 saturated heterocycles. The molecule has 4 aliphatic rings. The molecule has 4 fully saturated rings. The van der Waals surface area contributed by atoms with Crippen molar-refractivity contribution >= 4 is 25.0 Å². The van der Waals surface area contributed by atoms with Crippen LogP contribution in [0.5, 0.6) is 5.75 Å². The minimum Gasteiger partial charge on any atom is -0.496 e. The van der Waals surface area contributed by atoms with Crippen molar-refractivity contribution in [2.24, 2.45) is 23.2 Å². The summed E-state index contributed by atoms with van der Waals surface area (Å²) in [5, 5.41) is 2.85. The van der Waals surface area contributed by atoms with Crippen LogP contribution in [-0.2, 0) is 34.8 Å². The van der Waals surface area contributed by atoms with E-state index in [0.717, 1.165) is 12.8 Å². The van der Waals surface area contributed by atoms with Crippen LogP contribution in [0.15, 0.2) is 18.2 Å². The van der Waals surface area contributed by atoms with Crippen LogP contribution in [0, 0.1) is 23.2 Å². The van der Waals surface area contributed by atoms with Gasteiger partial charge in [-0.15, -0.1) is 0 Å². The zero-order chi connectivity index (χ0) is 33.2. The first-order valence-corrected chi connectivity index (χ1v) is 15.8. The molecule has 3 saturated carbocycles. The summed E-state index contributed by atoms with van der Waals surface area (Å²) in [5.74, 6) is -1.91. The fourth-order valence-corrected chi connectivity index (χ4v) is 7.36. The number of benzene rings is 1. The zero-order valence-electron chi connectivity index (χ0n) is 27.0. The number of amides is 1. The van der Waals surface area contributed by atoms with Crippen molar-refractivity contribution in [1.29, 1.82) is 0 Å². The maximum Gasteiger partial charge on any atom is 0.482 e. The van der Waals surface area contributed by atoms with Crippen LogP contribution in [0.25, 0.3) is 0 Å². The molecule has 5 atom stereocenters. The molecule has 45 heavy (non-hydrogen) atoms. The molecule has 2 bridgehead atoms. The summed E-state index contributed by atoms with van der Waals surface area (Å²) in [4.78, 5) is 38.1. The lowest BCUT2D eigenvalue weighted by Gasteiger charge is -2.64. The second-order valence-electron chi connectivity index (χ2n) is 13.2. The Kier molecular flexibility index (Phi) is 10.8. The van der Waals surface area contributed by atoms with Gasteiger partial charge in [0.1, 0.15) is 11.3 Å². The summed E-state index contributed by atoms with van der Waals surface area (Å²) in [6, 6.07) is 4.85. The topological polar surface area (TPSA) is 109 Å². The number of carbonyl (C=O) groups is 3. The molecule has 3 aliphatic carbocycles. The average molecular weight is 640 g/mol. The maximum absolute atomic E-state index is 13.0. The van der Waals surface area contributed by atoms with Crippen molar-refractivity contribution in [3.63, 3.8) is 0 Å². The number of rotatable bonds is 14. The molecule has 5 unspecified atom stereocenters. The summed E-state index contributed by atoms with van der Waals surface area (Å²) in [5.41, 5.74) is 0.114. The Bertz CT molecular complexity index is 1240. The average Bonchev–Trinajstić information content (AvgIpc) is 3.33. The van der Waals surface area contributed by atoms with Crippen molar-refractivity contribution in [3.05, 3.63) is 29.3 Å². The first kappa shape index (κ1) is 35.1. The molecule has 1 aromatic rings. The Balaban J connectivity index is 1.51. The number of esters is 2. The monoisotopic (exact) mass is 639 g/mol.